The van der Waals surface area contributed by atoms with E-state index in [1.165, 1.54) is 26.0 Å². The van der Waals surface area contributed by atoms with Crippen LogP contribution in [0.15, 0.2) is 65.8 Å². The number of aliphatic carboxylic acids is 1. The van der Waals surface area contributed by atoms with Crippen molar-refractivity contribution in [2.45, 2.75) is 59.0 Å². The minimum atomic E-state index is -1.59. The molecule has 0 spiro atoms. The molecule has 0 aliphatic heterocycles. The predicted octanol–water partition coefficient (Wildman–Crippen LogP) is 6.44. The van der Waals surface area contributed by atoms with E-state index in [0.717, 1.165) is 11.1 Å². The molecular formula is C32H36ClNO9. The number of carbonyl (C=O) groups is 2. The van der Waals surface area contributed by atoms with Gasteiger partial charge in [0.1, 0.15) is 30.3 Å². The van der Waals surface area contributed by atoms with Crippen LogP contribution < -0.4 is 18.9 Å². The first-order chi connectivity index (χ1) is 20.2. The SMILES string of the molecule is COc1ccc(COc2ccc(/C(=N/OC(C)(C)C(=O)OC(C)(C)C)C(=O)O)c(Cl)c2OCc2ccc(OC)cc2)cc1. The van der Waals surface area contributed by atoms with Gasteiger partial charge in [0.2, 0.25) is 5.60 Å². The monoisotopic (exact) mass is 613 g/mol. The molecular weight excluding hydrogens is 578 g/mol. The molecule has 0 aromatic heterocycles. The van der Waals surface area contributed by atoms with Crippen molar-refractivity contribution < 1.29 is 43.2 Å². The third-order valence-electron chi connectivity index (χ3n) is 5.87. The van der Waals surface area contributed by atoms with Gasteiger partial charge in [-0.3, -0.25) is 0 Å². The number of benzene rings is 3. The fourth-order valence-corrected chi connectivity index (χ4v) is 3.83. The van der Waals surface area contributed by atoms with Gasteiger partial charge in [0.15, 0.2) is 17.2 Å². The molecule has 0 aliphatic rings. The Bertz CT molecular complexity index is 1440. The minimum absolute atomic E-state index is 0.00400. The van der Waals surface area contributed by atoms with E-state index in [4.69, 9.17) is 40.1 Å². The number of methoxy groups -OCH3 is 2. The summed E-state index contributed by atoms with van der Waals surface area (Å²) in [5.74, 6) is -0.386. The van der Waals surface area contributed by atoms with Gasteiger partial charge in [0, 0.05) is 5.56 Å². The lowest BCUT2D eigenvalue weighted by molar-refractivity contribution is -0.179. The molecule has 3 rings (SSSR count). The summed E-state index contributed by atoms with van der Waals surface area (Å²) < 4.78 is 27.9. The van der Waals surface area contributed by atoms with E-state index < -0.39 is 28.9 Å². The van der Waals surface area contributed by atoms with Crippen molar-refractivity contribution in [1.29, 1.82) is 0 Å². The Morgan fingerprint density at radius 1 is 0.791 bits per heavy atom. The van der Waals surface area contributed by atoms with Crippen LogP contribution in [0.1, 0.15) is 51.3 Å². The van der Waals surface area contributed by atoms with Crippen LogP contribution in [0.2, 0.25) is 5.02 Å². The Labute approximate surface area is 256 Å². The number of nitrogens with zero attached hydrogens (tertiary/aromatic N) is 1. The second-order valence-electron chi connectivity index (χ2n) is 10.9. The molecule has 3 aromatic carbocycles. The fraction of sp³-hybridized carbons (Fsp3) is 0.344. The maximum Gasteiger partial charge on any atom is 0.358 e. The van der Waals surface area contributed by atoms with Crippen LogP contribution in [-0.2, 0) is 32.4 Å². The molecule has 10 nitrogen and oxygen atoms in total. The summed E-state index contributed by atoms with van der Waals surface area (Å²) in [4.78, 5) is 30.3. The Morgan fingerprint density at radius 2 is 1.30 bits per heavy atom. The first-order valence-corrected chi connectivity index (χ1v) is 13.7. The van der Waals surface area contributed by atoms with Crippen LogP contribution in [0.25, 0.3) is 0 Å². The molecule has 11 heteroatoms. The summed E-state index contributed by atoms with van der Waals surface area (Å²) >= 11 is 6.75. The molecule has 0 fully saturated rings. The van der Waals surface area contributed by atoms with Gasteiger partial charge in [-0.25, -0.2) is 9.59 Å². The summed E-state index contributed by atoms with van der Waals surface area (Å²) in [5.41, 5.74) is -1.26. The maximum absolute atomic E-state index is 12.6. The van der Waals surface area contributed by atoms with Crippen molar-refractivity contribution in [3.63, 3.8) is 0 Å². The van der Waals surface area contributed by atoms with E-state index in [0.29, 0.717) is 11.5 Å². The predicted molar refractivity (Wildman–Crippen MR) is 161 cm³/mol. The van der Waals surface area contributed by atoms with Gasteiger partial charge in [0.25, 0.3) is 0 Å². The Kier molecular flexibility index (Phi) is 10.9. The molecule has 0 saturated carbocycles. The van der Waals surface area contributed by atoms with E-state index in [1.807, 2.05) is 36.4 Å². The Morgan fingerprint density at radius 3 is 1.77 bits per heavy atom. The van der Waals surface area contributed by atoms with Crippen molar-refractivity contribution >= 4 is 29.3 Å². The van der Waals surface area contributed by atoms with Crippen molar-refractivity contribution in [1.82, 2.24) is 0 Å². The molecule has 43 heavy (non-hydrogen) atoms. The lowest BCUT2D eigenvalue weighted by Gasteiger charge is -2.26. The Balaban J connectivity index is 1.96. The molecule has 0 heterocycles. The van der Waals surface area contributed by atoms with Gasteiger partial charge in [-0.1, -0.05) is 41.0 Å². The van der Waals surface area contributed by atoms with Gasteiger partial charge < -0.3 is 33.6 Å². The highest BCUT2D eigenvalue weighted by Crippen LogP contribution is 2.39. The van der Waals surface area contributed by atoms with Crippen LogP contribution >= 0.6 is 11.6 Å². The number of halogens is 1. The van der Waals surface area contributed by atoms with Crippen molar-refractivity contribution in [3.8, 4) is 23.0 Å². The molecule has 0 bridgehead atoms. The molecule has 0 saturated heterocycles. The number of hydrogen-bond donors (Lipinski definition) is 1. The number of carboxylic acids is 1. The average Bonchev–Trinajstić information content (AvgIpc) is 2.96. The fourth-order valence-electron chi connectivity index (χ4n) is 3.53. The van der Waals surface area contributed by atoms with Crippen LogP contribution in [0.5, 0.6) is 23.0 Å². The number of hydrogen-bond acceptors (Lipinski definition) is 9. The molecule has 230 valence electrons. The highest BCUT2D eigenvalue weighted by atomic mass is 35.5. The first-order valence-electron chi connectivity index (χ1n) is 13.3. The molecule has 0 radical (unpaired) electrons. The Hall–Kier alpha value is -4.44. The summed E-state index contributed by atoms with van der Waals surface area (Å²) in [6, 6.07) is 17.5. The number of carbonyl (C=O) groups excluding carboxylic acids is 1. The number of rotatable bonds is 13. The van der Waals surface area contributed by atoms with Gasteiger partial charge in [-0.05, 0) is 82.1 Å². The van der Waals surface area contributed by atoms with Crippen LogP contribution in [0.3, 0.4) is 0 Å². The molecule has 0 aliphatic carbocycles. The van der Waals surface area contributed by atoms with Gasteiger partial charge >= 0.3 is 11.9 Å². The van der Waals surface area contributed by atoms with E-state index in [1.54, 1.807) is 47.1 Å². The van der Waals surface area contributed by atoms with Crippen LogP contribution in [0, 0.1) is 0 Å². The van der Waals surface area contributed by atoms with Crippen molar-refractivity contribution in [2.24, 2.45) is 5.16 Å². The molecule has 3 aromatic rings. The molecule has 1 N–H and O–H groups in total. The normalized spacial score (nSPS) is 11.9. The van der Waals surface area contributed by atoms with E-state index in [9.17, 15) is 14.7 Å². The van der Waals surface area contributed by atoms with Crippen LogP contribution in [-0.4, -0.2) is 48.2 Å². The zero-order chi connectivity index (χ0) is 31.8. The number of ether oxygens (including phenoxy) is 5. The summed E-state index contributed by atoms with van der Waals surface area (Å²) in [5, 5.41) is 13.7. The van der Waals surface area contributed by atoms with Crippen molar-refractivity contribution in [2.75, 3.05) is 14.2 Å². The zero-order valence-electron chi connectivity index (χ0n) is 25.2. The second-order valence-corrected chi connectivity index (χ2v) is 11.3. The quantitative estimate of drug-likeness (QED) is 0.132. The third kappa shape index (κ3) is 9.27. The molecule has 0 amide bonds. The lowest BCUT2D eigenvalue weighted by atomic mass is 10.1. The summed E-state index contributed by atoms with van der Waals surface area (Å²) in [7, 11) is 3.16. The highest BCUT2D eigenvalue weighted by molar-refractivity contribution is 6.47. The topological polar surface area (TPSA) is 122 Å². The molecule has 0 unspecified atom stereocenters. The van der Waals surface area contributed by atoms with E-state index >= 15 is 0 Å². The number of carboxylic acid groups (broad SMARTS) is 1. The standard InChI is InChI=1S/C32H36ClNO9/c1-31(2,3)42-30(37)32(4,5)43-34-27(29(35)36)24-16-17-25(40-18-20-8-12-22(38-6)13-9-20)28(26(24)33)41-19-21-10-14-23(39-7)15-11-21/h8-17H,18-19H2,1-7H3,(H,35,36)/b34-27-. The van der Waals surface area contributed by atoms with E-state index in [-0.39, 0.29) is 35.3 Å². The lowest BCUT2D eigenvalue weighted by Crippen LogP contribution is -2.40. The summed E-state index contributed by atoms with van der Waals surface area (Å²) in [6.45, 7) is 8.23. The van der Waals surface area contributed by atoms with Gasteiger partial charge in [-0.2, -0.15) is 0 Å². The average molecular weight is 614 g/mol. The largest absolute Gasteiger partial charge is 0.497 e. The minimum Gasteiger partial charge on any atom is -0.497 e. The number of esters is 1. The first kappa shape index (κ1) is 33.1. The zero-order valence-corrected chi connectivity index (χ0v) is 26.0. The van der Waals surface area contributed by atoms with Gasteiger partial charge in [0.05, 0.1) is 19.2 Å². The molecule has 0 atom stereocenters. The highest BCUT2D eigenvalue weighted by Gasteiger charge is 2.36. The maximum atomic E-state index is 12.6. The van der Waals surface area contributed by atoms with Crippen LogP contribution in [0.4, 0.5) is 0 Å². The van der Waals surface area contributed by atoms with Gasteiger partial charge in [-0.15, -0.1) is 0 Å². The number of oxime groups is 1. The third-order valence-corrected chi connectivity index (χ3v) is 6.25. The van der Waals surface area contributed by atoms with E-state index in [2.05, 4.69) is 5.16 Å². The smallest absolute Gasteiger partial charge is 0.358 e. The summed E-state index contributed by atoms with van der Waals surface area (Å²) in [6.07, 6.45) is 0. The van der Waals surface area contributed by atoms with Crippen molar-refractivity contribution in [3.05, 3.63) is 82.4 Å². The second kappa shape index (κ2) is 14.2.